The zero-order chi connectivity index (χ0) is 29.2. The highest BCUT2D eigenvalue weighted by molar-refractivity contribution is 7.47. The lowest BCUT2D eigenvalue weighted by Crippen LogP contribution is -2.37. The number of hydrogen-bond donors (Lipinski definition) is 2. The third-order valence-electron chi connectivity index (χ3n) is 5.21. The average Bonchev–Trinajstić information content (AvgIpc) is 2.86. The van der Waals surface area contributed by atoms with Gasteiger partial charge in [-0.1, -0.05) is 112 Å². The number of likely N-dealkylation sites (N-methyl/N-ethyl adjacent to an activating group) is 1. The Kier molecular flexibility index (Phi) is 22.5. The number of allylic oxidation sites excluding steroid dienone is 11. The standard InChI is InChI=1S/C30H50NO7P/c1-5-6-7-8-9-10-11-12-13-14-15-16-17-18-19-20-21-22-23-24-30(33)36-27-29(32)28-38-39(34,35)37-26-25-31(2,3)4/h13-24,29,32H,5-12,25-28H2,1-4H3/p+1/t29-/m1/s1. The molecule has 9 heteroatoms. The molecule has 2 atom stereocenters. The van der Waals surface area contributed by atoms with Crippen molar-refractivity contribution in [2.75, 3.05) is 47.5 Å². The molecule has 2 N–H and O–H groups in total. The number of hydrogen-bond acceptors (Lipinski definition) is 6. The number of rotatable bonds is 23. The van der Waals surface area contributed by atoms with E-state index in [0.29, 0.717) is 11.0 Å². The van der Waals surface area contributed by atoms with E-state index in [1.807, 2.05) is 57.6 Å². The summed E-state index contributed by atoms with van der Waals surface area (Å²) in [7, 11) is 1.47. The van der Waals surface area contributed by atoms with Crippen molar-refractivity contribution in [1.82, 2.24) is 0 Å². The first-order chi connectivity index (χ1) is 18.6. The number of carbonyl (C=O) groups excluding carboxylic acids is 1. The average molecular weight is 569 g/mol. The quantitative estimate of drug-likeness (QED) is 0.0377. The van der Waals surface area contributed by atoms with Crippen LogP contribution in [-0.4, -0.2) is 74.1 Å². The highest BCUT2D eigenvalue weighted by Gasteiger charge is 2.24. The van der Waals surface area contributed by atoms with Crippen LogP contribution in [-0.2, 0) is 23.1 Å². The fourth-order valence-electron chi connectivity index (χ4n) is 2.96. The van der Waals surface area contributed by atoms with Crippen molar-refractivity contribution in [3.05, 3.63) is 72.9 Å². The van der Waals surface area contributed by atoms with Gasteiger partial charge < -0.3 is 19.2 Å². The topological polar surface area (TPSA) is 102 Å². The third kappa shape index (κ3) is 28.8. The van der Waals surface area contributed by atoms with E-state index < -0.39 is 26.5 Å². The van der Waals surface area contributed by atoms with Crippen LogP contribution in [0.1, 0.15) is 58.3 Å². The van der Waals surface area contributed by atoms with E-state index >= 15 is 0 Å². The number of aliphatic hydroxyl groups is 1. The predicted molar refractivity (Wildman–Crippen MR) is 159 cm³/mol. The van der Waals surface area contributed by atoms with Gasteiger partial charge in [-0.05, 0) is 12.8 Å². The van der Waals surface area contributed by atoms with Crippen molar-refractivity contribution in [3.63, 3.8) is 0 Å². The van der Waals surface area contributed by atoms with Gasteiger partial charge in [-0.3, -0.25) is 9.05 Å². The van der Waals surface area contributed by atoms with Crippen LogP contribution in [0.2, 0.25) is 0 Å². The Bertz CT molecular complexity index is 854. The molecule has 0 heterocycles. The number of quaternary nitrogens is 1. The van der Waals surface area contributed by atoms with Gasteiger partial charge in [0.1, 0.15) is 25.9 Å². The molecular weight excluding hydrogens is 517 g/mol. The van der Waals surface area contributed by atoms with Crippen molar-refractivity contribution >= 4 is 13.8 Å². The second-order valence-electron chi connectivity index (χ2n) is 10.1. The van der Waals surface area contributed by atoms with Gasteiger partial charge in [0.05, 0.1) is 27.7 Å². The Morgan fingerprint density at radius 1 is 0.795 bits per heavy atom. The summed E-state index contributed by atoms with van der Waals surface area (Å²) in [5, 5.41) is 9.80. The van der Waals surface area contributed by atoms with E-state index in [1.165, 1.54) is 57.1 Å². The first kappa shape index (κ1) is 36.9. The molecule has 0 radical (unpaired) electrons. The van der Waals surface area contributed by atoms with E-state index in [0.717, 1.165) is 6.42 Å². The molecule has 0 rings (SSSR count). The Balaban J connectivity index is 3.95. The minimum absolute atomic E-state index is 0.0280. The highest BCUT2D eigenvalue weighted by atomic mass is 31.2. The number of nitrogens with zero attached hydrogens (tertiary/aromatic N) is 1. The minimum Gasteiger partial charge on any atom is -0.460 e. The van der Waals surface area contributed by atoms with Crippen molar-refractivity contribution in [1.29, 1.82) is 0 Å². The molecule has 0 spiro atoms. The molecule has 222 valence electrons. The number of aliphatic hydroxyl groups excluding tert-OH is 1. The van der Waals surface area contributed by atoms with Crippen LogP contribution in [0.5, 0.6) is 0 Å². The molecule has 0 aliphatic heterocycles. The minimum atomic E-state index is -4.28. The van der Waals surface area contributed by atoms with Gasteiger partial charge in [0.2, 0.25) is 0 Å². The summed E-state index contributed by atoms with van der Waals surface area (Å²) in [4.78, 5) is 21.3. The third-order valence-corrected chi connectivity index (χ3v) is 6.19. The molecule has 0 aromatic rings. The Morgan fingerprint density at radius 3 is 1.92 bits per heavy atom. The van der Waals surface area contributed by atoms with Gasteiger partial charge in [0.15, 0.2) is 0 Å². The maximum Gasteiger partial charge on any atom is 0.472 e. The number of phosphoric acid groups is 1. The van der Waals surface area contributed by atoms with Crippen molar-refractivity contribution in [2.24, 2.45) is 0 Å². The number of carbonyl (C=O) groups is 1. The van der Waals surface area contributed by atoms with Crippen LogP contribution in [0.25, 0.3) is 0 Å². The van der Waals surface area contributed by atoms with E-state index in [9.17, 15) is 19.4 Å². The van der Waals surface area contributed by atoms with Crippen LogP contribution in [0, 0.1) is 0 Å². The van der Waals surface area contributed by atoms with Gasteiger partial charge in [0, 0.05) is 6.08 Å². The summed E-state index contributed by atoms with van der Waals surface area (Å²) in [6, 6.07) is 0. The van der Waals surface area contributed by atoms with Crippen LogP contribution in [0.3, 0.4) is 0 Å². The molecule has 0 saturated carbocycles. The summed E-state index contributed by atoms with van der Waals surface area (Å²) in [5.41, 5.74) is 0. The molecule has 0 fully saturated rings. The van der Waals surface area contributed by atoms with Gasteiger partial charge >= 0.3 is 13.8 Å². The van der Waals surface area contributed by atoms with Crippen molar-refractivity contribution in [2.45, 2.75) is 64.4 Å². The number of esters is 1. The Hall–Kier alpha value is -2.06. The lowest BCUT2D eigenvalue weighted by atomic mass is 10.1. The fraction of sp³-hybridized carbons (Fsp3) is 0.567. The van der Waals surface area contributed by atoms with E-state index in [4.69, 9.17) is 13.8 Å². The second-order valence-corrected chi connectivity index (χ2v) is 11.6. The monoisotopic (exact) mass is 568 g/mol. The zero-order valence-electron chi connectivity index (χ0n) is 24.3. The fourth-order valence-corrected chi connectivity index (χ4v) is 3.71. The van der Waals surface area contributed by atoms with Gasteiger partial charge in [0.25, 0.3) is 0 Å². The van der Waals surface area contributed by atoms with Gasteiger partial charge in [-0.25, -0.2) is 9.36 Å². The molecule has 0 bridgehead atoms. The van der Waals surface area contributed by atoms with Gasteiger partial charge in [-0.2, -0.15) is 0 Å². The van der Waals surface area contributed by atoms with Crippen LogP contribution in [0.15, 0.2) is 72.9 Å². The summed E-state index contributed by atoms with van der Waals surface area (Å²) >= 11 is 0. The molecule has 0 aliphatic carbocycles. The SMILES string of the molecule is CCCCCCCCCC=CC=CC=CC=CC=CC=CC(=O)OC[C@@H](O)COP(=O)(O)OCC[N+](C)(C)C. The first-order valence-electron chi connectivity index (χ1n) is 13.8. The van der Waals surface area contributed by atoms with Crippen LogP contribution < -0.4 is 0 Å². The summed E-state index contributed by atoms with van der Waals surface area (Å²) in [6.07, 6.45) is 31.2. The molecular formula is C30H51NO7P+. The molecule has 0 aromatic carbocycles. The van der Waals surface area contributed by atoms with E-state index in [1.54, 1.807) is 12.2 Å². The van der Waals surface area contributed by atoms with Crippen LogP contribution >= 0.6 is 7.82 Å². The molecule has 0 saturated heterocycles. The maximum atomic E-state index is 11.8. The molecule has 39 heavy (non-hydrogen) atoms. The predicted octanol–water partition coefficient (Wildman–Crippen LogP) is 6.21. The molecule has 0 aromatic heterocycles. The second kappa shape index (κ2) is 23.8. The molecule has 0 aliphatic rings. The molecule has 8 nitrogen and oxygen atoms in total. The summed E-state index contributed by atoms with van der Waals surface area (Å²) in [6.45, 7) is 1.90. The lowest BCUT2D eigenvalue weighted by molar-refractivity contribution is -0.870. The van der Waals surface area contributed by atoms with Crippen molar-refractivity contribution < 1.29 is 37.6 Å². The van der Waals surface area contributed by atoms with E-state index in [-0.39, 0.29) is 13.2 Å². The first-order valence-corrected chi connectivity index (χ1v) is 15.3. The maximum absolute atomic E-state index is 11.8. The molecule has 1 unspecified atom stereocenters. The largest absolute Gasteiger partial charge is 0.472 e. The summed E-state index contributed by atoms with van der Waals surface area (Å²) < 4.78 is 26.8. The van der Waals surface area contributed by atoms with E-state index in [2.05, 4.69) is 19.1 Å². The van der Waals surface area contributed by atoms with Crippen molar-refractivity contribution in [3.8, 4) is 0 Å². The zero-order valence-corrected chi connectivity index (χ0v) is 25.2. The number of ether oxygens (including phenoxy) is 1. The van der Waals surface area contributed by atoms with Crippen LogP contribution in [0.4, 0.5) is 0 Å². The number of unbranched alkanes of at least 4 members (excludes halogenated alkanes) is 7. The normalized spacial score (nSPS) is 15.5. The van der Waals surface area contributed by atoms with Gasteiger partial charge in [-0.15, -0.1) is 0 Å². The Morgan fingerprint density at radius 2 is 1.33 bits per heavy atom. The molecule has 0 amide bonds. The lowest BCUT2D eigenvalue weighted by Gasteiger charge is -2.24. The summed E-state index contributed by atoms with van der Waals surface area (Å²) in [5.74, 6) is -0.654. The smallest absolute Gasteiger partial charge is 0.460 e. The Labute approximate surface area is 236 Å². The number of phosphoric ester groups is 1. The highest BCUT2D eigenvalue weighted by Crippen LogP contribution is 2.43.